The maximum absolute atomic E-state index is 13.3. The molecule has 0 spiro atoms. The second-order valence-electron chi connectivity index (χ2n) is 10.8. The van der Waals surface area contributed by atoms with Crippen LogP contribution in [0.4, 0.5) is 10.5 Å². The third-order valence-electron chi connectivity index (χ3n) is 7.98. The third kappa shape index (κ3) is 5.81. The molecular weight excluding hydrogens is 528 g/mol. The smallest absolute Gasteiger partial charge is 0.409 e. The Morgan fingerprint density at radius 2 is 1.97 bits per heavy atom. The number of halogens is 1. The summed E-state index contributed by atoms with van der Waals surface area (Å²) in [4.78, 5) is 27.1. The van der Waals surface area contributed by atoms with Crippen molar-refractivity contribution in [3.05, 3.63) is 46.5 Å². The molecule has 3 N–H and O–H groups in total. The fourth-order valence-electron chi connectivity index (χ4n) is 5.46. The van der Waals surface area contributed by atoms with Crippen molar-refractivity contribution in [3.63, 3.8) is 0 Å². The Kier molecular flexibility index (Phi) is 8.35. The maximum Gasteiger partial charge on any atom is 0.409 e. The Morgan fingerprint density at radius 1 is 1.26 bits per heavy atom. The molecule has 2 saturated heterocycles. The number of alkyl carbamates (subject to hydrolysis) is 1. The number of methoxy groups -OCH3 is 2. The number of benzene rings is 1. The Hall–Kier alpha value is -2.63. The number of fused-ring (bicyclic) bond motifs is 5. The number of hydrogen-bond acceptors (Lipinski definition) is 8. The molecule has 10 nitrogen and oxygen atoms in total. The third-order valence-corrected chi connectivity index (χ3v) is 8.36. The summed E-state index contributed by atoms with van der Waals surface area (Å²) in [5.74, 6) is -0.323. The van der Waals surface area contributed by atoms with Gasteiger partial charge in [0.2, 0.25) is 5.91 Å². The van der Waals surface area contributed by atoms with Crippen LogP contribution in [0.1, 0.15) is 39.2 Å². The molecule has 2 fully saturated rings. The molecule has 214 valence electrons. The maximum atomic E-state index is 13.3. The molecular formula is C28H37ClN2O8. The fourth-order valence-corrected chi connectivity index (χ4v) is 5.78. The number of carbonyl (C=O) groups excluding carboxylic acids is 2. The van der Waals surface area contributed by atoms with Gasteiger partial charge in [0.05, 0.1) is 31.4 Å². The van der Waals surface area contributed by atoms with Crippen molar-refractivity contribution >= 4 is 29.3 Å². The van der Waals surface area contributed by atoms with Crippen LogP contribution in [0.5, 0.6) is 5.75 Å². The lowest BCUT2D eigenvalue weighted by atomic mass is 9.84. The molecule has 39 heavy (non-hydrogen) atoms. The molecule has 3 heterocycles. The van der Waals surface area contributed by atoms with Gasteiger partial charge in [0.1, 0.15) is 28.6 Å². The molecule has 3 aliphatic rings. The second-order valence-corrected chi connectivity index (χ2v) is 11.2. The van der Waals surface area contributed by atoms with Gasteiger partial charge in [-0.2, -0.15) is 0 Å². The minimum atomic E-state index is -1.73. The summed E-state index contributed by atoms with van der Waals surface area (Å²) in [7, 11) is 4.56. The van der Waals surface area contributed by atoms with E-state index in [0.717, 1.165) is 11.1 Å². The van der Waals surface area contributed by atoms with Crippen molar-refractivity contribution in [3.8, 4) is 5.75 Å². The van der Waals surface area contributed by atoms with Gasteiger partial charge in [0.15, 0.2) is 5.72 Å². The van der Waals surface area contributed by atoms with Crippen molar-refractivity contribution < 1.29 is 38.7 Å². The first kappa shape index (κ1) is 29.4. The fraction of sp³-hybridized carbons (Fsp3) is 0.571. The number of ether oxygens (including phenoxy) is 4. The number of carbonyl (C=O) groups is 2. The van der Waals surface area contributed by atoms with Gasteiger partial charge in [-0.05, 0) is 38.0 Å². The van der Waals surface area contributed by atoms with Gasteiger partial charge in [-0.25, -0.2) is 4.79 Å². The van der Waals surface area contributed by atoms with E-state index in [1.807, 2.05) is 32.1 Å². The average molecular weight is 565 g/mol. The molecule has 7 atom stereocenters. The SMILES string of the molecule is COc1cc2cc(c1Cl)N(C)C(=O)C[C@H](O)[C@]1(C)O[C@H]1[C@H](C)[C@@H]1C[C@@](O)(NC(=O)O1)[C@H](OC)C=CC=C(C)C2. The number of anilines is 1. The van der Waals surface area contributed by atoms with Crippen LogP contribution in [0.15, 0.2) is 35.9 Å². The lowest BCUT2D eigenvalue weighted by molar-refractivity contribution is -0.142. The van der Waals surface area contributed by atoms with E-state index in [4.69, 9.17) is 30.5 Å². The lowest BCUT2D eigenvalue weighted by Gasteiger charge is -2.42. The van der Waals surface area contributed by atoms with E-state index >= 15 is 0 Å². The highest BCUT2D eigenvalue weighted by Gasteiger charge is 2.62. The van der Waals surface area contributed by atoms with Crippen LogP contribution in [-0.4, -0.2) is 79.2 Å². The van der Waals surface area contributed by atoms with E-state index in [1.54, 1.807) is 26.1 Å². The van der Waals surface area contributed by atoms with E-state index in [-0.39, 0.29) is 23.8 Å². The zero-order valence-corrected chi connectivity index (χ0v) is 23.8. The van der Waals surface area contributed by atoms with Gasteiger partial charge in [-0.15, -0.1) is 0 Å². The van der Waals surface area contributed by atoms with Gasteiger partial charge in [-0.1, -0.05) is 42.3 Å². The molecule has 0 aromatic heterocycles. The molecule has 3 aliphatic heterocycles. The first-order valence-corrected chi connectivity index (χ1v) is 13.3. The zero-order chi connectivity index (χ0) is 28.7. The van der Waals surface area contributed by atoms with Crippen LogP contribution in [0.3, 0.4) is 0 Å². The predicted molar refractivity (Wildman–Crippen MR) is 145 cm³/mol. The first-order chi connectivity index (χ1) is 18.3. The quantitative estimate of drug-likeness (QED) is 0.467. The summed E-state index contributed by atoms with van der Waals surface area (Å²) in [6.45, 7) is 5.48. The van der Waals surface area contributed by atoms with Crippen molar-refractivity contribution in [1.29, 1.82) is 0 Å². The van der Waals surface area contributed by atoms with E-state index in [0.29, 0.717) is 17.9 Å². The van der Waals surface area contributed by atoms with Crippen LogP contribution < -0.4 is 15.0 Å². The number of epoxide rings is 1. The van der Waals surface area contributed by atoms with Gasteiger partial charge in [0, 0.05) is 26.5 Å². The number of hydrogen-bond donors (Lipinski definition) is 3. The summed E-state index contributed by atoms with van der Waals surface area (Å²) >= 11 is 6.58. The topological polar surface area (TPSA) is 130 Å². The van der Waals surface area contributed by atoms with Crippen molar-refractivity contribution in [2.24, 2.45) is 5.92 Å². The molecule has 0 saturated carbocycles. The molecule has 11 heteroatoms. The number of nitrogens with one attached hydrogen (secondary N) is 1. The molecule has 0 aliphatic carbocycles. The van der Waals surface area contributed by atoms with Crippen LogP contribution in [0.2, 0.25) is 5.02 Å². The van der Waals surface area contributed by atoms with Crippen LogP contribution in [0, 0.1) is 5.92 Å². The van der Waals surface area contributed by atoms with Crippen LogP contribution in [-0.2, 0) is 25.4 Å². The first-order valence-electron chi connectivity index (χ1n) is 12.9. The van der Waals surface area contributed by atoms with E-state index in [2.05, 4.69) is 5.32 Å². The van der Waals surface area contributed by atoms with Gasteiger partial charge in [-0.3, -0.25) is 10.1 Å². The summed E-state index contributed by atoms with van der Waals surface area (Å²) in [5.41, 5.74) is -0.479. The van der Waals surface area contributed by atoms with Crippen molar-refractivity contribution in [2.45, 2.75) is 75.8 Å². The number of rotatable bonds is 2. The Balaban J connectivity index is 1.74. The largest absolute Gasteiger partial charge is 0.495 e. The normalized spacial score (nSPS) is 35.5. The number of aliphatic hydroxyl groups is 2. The Morgan fingerprint density at radius 3 is 2.64 bits per heavy atom. The predicted octanol–water partition coefficient (Wildman–Crippen LogP) is 3.12. The monoisotopic (exact) mass is 564 g/mol. The van der Waals surface area contributed by atoms with Crippen molar-refractivity contribution in [2.75, 3.05) is 26.2 Å². The highest BCUT2D eigenvalue weighted by molar-refractivity contribution is 6.35. The second kappa shape index (κ2) is 11.1. The van der Waals surface area contributed by atoms with Gasteiger partial charge >= 0.3 is 6.09 Å². The molecule has 4 bridgehead atoms. The summed E-state index contributed by atoms with van der Waals surface area (Å²) in [6, 6.07) is 3.63. The summed E-state index contributed by atoms with van der Waals surface area (Å²) in [5, 5.41) is 25.3. The van der Waals surface area contributed by atoms with E-state index < -0.39 is 47.8 Å². The molecule has 0 unspecified atom stereocenters. The zero-order valence-electron chi connectivity index (χ0n) is 23.1. The van der Waals surface area contributed by atoms with Gasteiger partial charge in [0.25, 0.3) is 0 Å². The van der Waals surface area contributed by atoms with Gasteiger partial charge < -0.3 is 34.1 Å². The number of aliphatic hydroxyl groups excluding tert-OH is 1. The number of nitrogens with zero attached hydrogens (tertiary/aromatic N) is 1. The Bertz CT molecular complexity index is 1190. The minimum Gasteiger partial charge on any atom is -0.495 e. The highest BCUT2D eigenvalue weighted by Crippen LogP contribution is 2.48. The average Bonchev–Trinajstić information content (AvgIpc) is 3.58. The summed E-state index contributed by atoms with van der Waals surface area (Å²) < 4.78 is 22.4. The number of allylic oxidation sites excluding steroid dienone is 3. The van der Waals surface area contributed by atoms with Crippen LogP contribution in [0.25, 0.3) is 0 Å². The molecule has 1 aromatic rings. The van der Waals surface area contributed by atoms with Crippen LogP contribution >= 0.6 is 11.6 Å². The summed E-state index contributed by atoms with van der Waals surface area (Å²) in [6.07, 6.45) is 1.63. The van der Waals surface area contributed by atoms with Crippen molar-refractivity contribution in [1.82, 2.24) is 5.32 Å². The molecule has 1 aromatic carbocycles. The Labute approximate surface area is 233 Å². The lowest BCUT2D eigenvalue weighted by Crippen LogP contribution is -2.63. The molecule has 2 amide bonds. The van der Waals surface area contributed by atoms with E-state index in [1.165, 1.54) is 19.1 Å². The molecule has 4 rings (SSSR count). The van der Waals surface area contributed by atoms with E-state index in [9.17, 15) is 19.8 Å². The highest BCUT2D eigenvalue weighted by atomic mass is 35.5. The minimum absolute atomic E-state index is 0.0310. The number of amides is 2. The standard InChI is InChI=1S/C28H37ClN2O8/c1-15-8-7-9-22(37-6)28(35)14-20(38-26(34)30-28)16(2)25-27(3,39-25)21(32)13-23(33)31(4)18-11-17(10-15)12-19(36-5)24(18)29/h7-9,11-12,16,20-22,25,32,35H,10,13-14H2,1-6H3,(H,30,34)/t16-,20+,21+,22-,25+,27+,28+/m1/s1. The molecule has 0 radical (unpaired) electrons.